The SMILES string of the molecule is CC1CCc2ccccc2N1C(=O)C1(N)CC1. The monoisotopic (exact) mass is 230 g/mol. The molecule has 0 aromatic heterocycles. The van der Waals surface area contributed by atoms with Gasteiger partial charge in [-0.25, -0.2) is 0 Å². The summed E-state index contributed by atoms with van der Waals surface area (Å²) in [5.41, 5.74) is 7.81. The summed E-state index contributed by atoms with van der Waals surface area (Å²) in [4.78, 5) is 14.4. The van der Waals surface area contributed by atoms with Crippen LogP contribution in [0.1, 0.15) is 31.7 Å². The fourth-order valence-electron chi connectivity index (χ4n) is 2.59. The second-order valence-electron chi connectivity index (χ2n) is 5.35. The zero-order valence-corrected chi connectivity index (χ0v) is 10.1. The largest absolute Gasteiger partial charge is 0.317 e. The van der Waals surface area contributed by atoms with Gasteiger partial charge in [0.05, 0.1) is 5.54 Å². The molecule has 1 aromatic rings. The molecule has 0 saturated heterocycles. The van der Waals surface area contributed by atoms with E-state index in [1.807, 2.05) is 23.1 Å². The molecule has 3 rings (SSSR count). The lowest BCUT2D eigenvalue weighted by atomic mass is 9.95. The fraction of sp³-hybridized carbons (Fsp3) is 0.500. The van der Waals surface area contributed by atoms with E-state index in [4.69, 9.17) is 5.73 Å². The highest BCUT2D eigenvalue weighted by atomic mass is 16.2. The molecule has 3 heteroatoms. The number of carbonyl (C=O) groups is 1. The van der Waals surface area contributed by atoms with Crippen LogP contribution < -0.4 is 10.6 Å². The Kier molecular flexibility index (Phi) is 2.26. The highest BCUT2D eigenvalue weighted by Gasteiger charge is 2.50. The normalized spacial score (nSPS) is 25.3. The first-order chi connectivity index (χ1) is 8.12. The molecule has 1 heterocycles. The molecule has 2 aliphatic rings. The van der Waals surface area contributed by atoms with Crippen LogP contribution in [0.4, 0.5) is 5.69 Å². The van der Waals surface area contributed by atoms with Crippen molar-refractivity contribution in [3.8, 4) is 0 Å². The minimum Gasteiger partial charge on any atom is -0.317 e. The van der Waals surface area contributed by atoms with E-state index in [1.165, 1.54) is 5.56 Å². The third kappa shape index (κ3) is 1.65. The molecule has 1 amide bonds. The van der Waals surface area contributed by atoms with Gasteiger partial charge < -0.3 is 10.6 Å². The lowest BCUT2D eigenvalue weighted by Gasteiger charge is -2.36. The number of nitrogens with two attached hydrogens (primary N) is 1. The molecule has 1 fully saturated rings. The molecule has 17 heavy (non-hydrogen) atoms. The first-order valence-electron chi connectivity index (χ1n) is 6.32. The number of hydrogen-bond donors (Lipinski definition) is 1. The average Bonchev–Trinajstić information content (AvgIpc) is 3.08. The van der Waals surface area contributed by atoms with Crippen molar-refractivity contribution < 1.29 is 4.79 Å². The molecule has 0 spiro atoms. The number of anilines is 1. The Balaban J connectivity index is 2.00. The predicted molar refractivity (Wildman–Crippen MR) is 67.9 cm³/mol. The summed E-state index contributed by atoms with van der Waals surface area (Å²) < 4.78 is 0. The number of carbonyl (C=O) groups excluding carboxylic acids is 1. The standard InChI is InChI=1S/C14H18N2O/c1-10-6-7-11-4-2-3-5-12(11)16(10)13(17)14(15)8-9-14/h2-5,10H,6-9,15H2,1H3. The fourth-order valence-corrected chi connectivity index (χ4v) is 2.59. The van der Waals surface area contributed by atoms with Crippen LogP contribution in [0.2, 0.25) is 0 Å². The van der Waals surface area contributed by atoms with Crippen molar-refractivity contribution in [3.63, 3.8) is 0 Å². The summed E-state index contributed by atoms with van der Waals surface area (Å²) in [6, 6.07) is 8.44. The Hall–Kier alpha value is -1.35. The van der Waals surface area contributed by atoms with Gasteiger partial charge in [-0.05, 0) is 44.2 Å². The van der Waals surface area contributed by atoms with Crippen LogP contribution in [-0.2, 0) is 11.2 Å². The Morgan fingerprint density at radius 1 is 1.41 bits per heavy atom. The van der Waals surface area contributed by atoms with Gasteiger partial charge in [-0.3, -0.25) is 4.79 Å². The molecule has 1 atom stereocenters. The quantitative estimate of drug-likeness (QED) is 0.800. The van der Waals surface area contributed by atoms with Crippen LogP contribution in [0.25, 0.3) is 0 Å². The Morgan fingerprint density at radius 3 is 2.82 bits per heavy atom. The van der Waals surface area contributed by atoms with Gasteiger partial charge in [-0.1, -0.05) is 18.2 Å². The van der Waals surface area contributed by atoms with Gasteiger partial charge in [-0.2, -0.15) is 0 Å². The molecule has 1 aromatic carbocycles. The van der Waals surface area contributed by atoms with Crippen LogP contribution in [-0.4, -0.2) is 17.5 Å². The van der Waals surface area contributed by atoms with Gasteiger partial charge in [0.1, 0.15) is 0 Å². The topological polar surface area (TPSA) is 46.3 Å². The zero-order valence-electron chi connectivity index (χ0n) is 10.1. The van der Waals surface area contributed by atoms with E-state index in [0.717, 1.165) is 31.4 Å². The Bertz CT molecular complexity index is 465. The zero-order chi connectivity index (χ0) is 12.0. The molecule has 1 aliphatic carbocycles. The van der Waals surface area contributed by atoms with Crippen molar-refractivity contribution in [1.29, 1.82) is 0 Å². The number of para-hydroxylation sites is 1. The van der Waals surface area contributed by atoms with Crippen molar-refractivity contribution in [3.05, 3.63) is 29.8 Å². The summed E-state index contributed by atoms with van der Waals surface area (Å²) >= 11 is 0. The number of aryl methyl sites for hydroxylation is 1. The minimum absolute atomic E-state index is 0.108. The van der Waals surface area contributed by atoms with Crippen LogP contribution in [0.5, 0.6) is 0 Å². The molecule has 3 nitrogen and oxygen atoms in total. The molecule has 1 unspecified atom stereocenters. The summed E-state index contributed by atoms with van der Waals surface area (Å²) in [6.07, 6.45) is 3.74. The van der Waals surface area contributed by atoms with Crippen molar-refractivity contribution in [2.75, 3.05) is 4.90 Å². The molecule has 0 radical (unpaired) electrons. The maximum absolute atomic E-state index is 12.5. The third-order valence-electron chi connectivity index (χ3n) is 3.96. The van der Waals surface area contributed by atoms with E-state index in [-0.39, 0.29) is 11.9 Å². The van der Waals surface area contributed by atoms with Gasteiger partial charge in [0, 0.05) is 11.7 Å². The number of fused-ring (bicyclic) bond motifs is 1. The highest BCUT2D eigenvalue weighted by molar-refractivity contribution is 6.03. The van der Waals surface area contributed by atoms with Gasteiger partial charge in [0.25, 0.3) is 0 Å². The first-order valence-corrected chi connectivity index (χ1v) is 6.32. The number of benzene rings is 1. The molecule has 90 valence electrons. The van der Waals surface area contributed by atoms with E-state index >= 15 is 0 Å². The minimum atomic E-state index is -0.571. The number of hydrogen-bond acceptors (Lipinski definition) is 2. The van der Waals surface area contributed by atoms with Crippen molar-refractivity contribution in [1.82, 2.24) is 0 Å². The van der Waals surface area contributed by atoms with Crippen LogP contribution in [0, 0.1) is 0 Å². The van der Waals surface area contributed by atoms with Crippen molar-refractivity contribution in [2.45, 2.75) is 44.2 Å². The smallest absolute Gasteiger partial charge is 0.247 e. The third-order valence-corrected chi connectivity index (χ3v) is 3.96. The summed E-state index contributed by atoms with van der Waals surface area (Å²) in [5, 5.41) is 0. The van der Waals surface area contributed by atoms with Crippen LogP contribution in [0.15, 0.2) is 24.3 Å². The van der Waals surface area contributed by atoms with Crippen molar-refractivity contribution in [2.24, 2.45) is 5.73 Å². The van der Waals surface area contributed by atoms with Crippen LogP contribution >= 0.6 is 0 Å². The molecule has 2 N–H and O–H groups in total. The van der Waals surface area contributed by atoms with E-state index in [9.17, 15) is 4.79 Å². The lowest BCUT2D eigenvalue weighted by Crippen LogP contribution is -2.51. The average molecular weight is 230 g/mol. The number of nitrogens with zero attached hydrogens (tertiary/aromatic N) is 1. The summed E-state index contributed by atoms with van der Waals surface area (Å²) in [7, 11) is 0. The van der Waals surface area contributed by atoms with Crippen LogP contribution in [0.3, 0.4) is 0 Å². The number of rotatable bonds is 1. The molecular formula is C14H18N2O. The van der Waals surface area contributed by atoms with Crippen molar-refractivity contribution >= 4 is 11.6 Å². The van der Waals surface area contributed by atoms with Gasteiger partial charge >= 0.3 is 0 Å². The van der Waals surface area contributed by atoms with Gasteiger partial charge in [0.2, 0.25) is 5.91 Å². The summed E-state index contributed by atoms with van der Waals surface area (Å²) in [5.74, 6) is 0.108. The maximum atomic E-state index is 12.5. The molecule has 1 saturated carbocycles. The summed E-state index contributed by atoms with van der Waals surface area (Å²) in [6.45, 7) is 2.11. The van der Waals surface area contributed by atoms with E-state index in [2.05, 4.69) is 13.0 Å². The highest BCUT2D eigenvalue weighted by Crippen LogP contribution is 2.39. The molecule has 1 aliphatic heterocycles. The maximum Gasteiger partial charge on any atom is 0.247 e. The van der Waals surface area contributed by atoms with E-state index < -0.39 is 5.54 Å². The van der Waals surface area contributed by atoms with Gasteiger partial charge in [0.15, 0.2) is 0 Å². The second kappa shape index (κ2) is 3.57. The first kappa shape index (κ1) is 10.8. The van der Waals surface area contributed by atoms with Gasteiger partial charge in [-0.15, -0.1) is 0 Å². The second-order valence-corrected chi connectivity index (χ2v) is 5.35. The lowest BCUT2D eigenvalue weighted by molar-refractivity contribution is -0.121. The van der Waals surface area contributed by atoms with E-state index in [0.29, 0.717) is 0 Å². The number of amides is 1. The molecule has 0 bridgehead atoms. The predicted octanol–water partition coefficient (Wildman–Crippen LogP) is 1.85. The Morgan fingerprint density at radius 2 is 2.12 bits per heavy atom. The Labute approximate surface area is 102 Å². The molecular weight excluding hydrogens is 212 g/mol. The van der Waals surface area contributed by atoms with E-state index in [1.54, 1.807) is 0 Å².